The second-order valence-electron chi connectivity index (χ2n) is 6.71. The van der Waals surface area contributed by atoms with E-state index in [-0.39, 0.29) is 18.4 Å². The van der Waals surface area contributed by atoms with Crippen LogP contribution in [0.1, 0.15) is 30.5 Å². The minimum Gasteiger partial charge on any atom is -0.483 e. The van der Waals surface area contributed by atoms with E-state index in [0.29, 0.717) is 23.9 Å². The van der Waals surface area contributed by atoms with Crippen molar-refractivity contribution in [3.8, 4) is 5.75 Å². The predicted octanol–water partition coefficient (Wildman–Crippen LogP) is 3.89. The number of carbonyl (C=O) groups is 2. The van der Waals surface area contributed by atoms with Crippen molar-refractivity contribution >= 4 is 23.4 Å². The molecule has 0 bridgehead atoms. The van der Waals surface area contributed by atoms with Gasteiger partial charge in [-0.2, -0.15) is 0 Å². The van der Waals surface area contributed by atoms with Crippen molar-refractivity contribution in [3.63, 3.8) is 0 Å². The summed E-state index contributed by atoms with van der Waals surface area (Å²) in [6.45, 7) is 8.18. The first kappa shape index (κ1) is 21.8. The van der Waals surface area contributed by atoms with Crippen LogP contribution in [0.15, 0.2) is 42.5 Å². The van der Waals surface area contributed by atoms with Gasteiger partial charge in [-0.05, 0) is 62.6 Å². The fraction of sp³-hybridized carbons (Fsp3) is 0.364. The lowest BCUT2D eigenvalue weighted by molar-refractivity contribution is -0.142. The second-order valence-corrected chi connectivity index (χ2v) is 7.14. The van der Waals surface area contributed by atoms with Gasteiger partial charge in [-0.1, -0.05) is 35.9 Å². The molecule has 0 heterocycles. The molecule has 0 aliphatic carbocycles. The van der Waals surface area contributed by atoms with Gasteiger partial charge in [0, 0.05) is 18.1 Å². The number of likely N-dealkylation sites (N-methyl/N-ethyl adjacent to an activating group) is 1. The van der Waals surface area contributed by atoms with E-state index in [4.69, 9.17) is 16.3 Å². The molecule has 1 N–H and O–H groups in total. The van der Waals surface area contributed by atoms with E-state index in [9.17, 15) is 9.59 Å². The van der Waals surface area contributed by atoms with E-state index in [1.54, 1.807) is 19.1 Å². The van der Waals surface area contributed by atoms with Crippen LogP contribution in [0.3, 0.4) is 0 Å². The smallest absolute Gasteiger partial charge is 0.261 e. The summed E-state index contributed by atoms with van der Waals surface area (Å²) in [5.41, 5.74) is 2.98. The quantitative estimate of drug-likeness (QED) is 0.728. The van der Waals surface area contributed by atoms with Gasteiger partial charge in [-0.15, -0.1) is 0 Å². The Morgan fingerprint density at radius 1 is 1.14 bits per heavy atom. The molecule has 0 radical (unpaired) electrons. The van der Waals surface area contributed by atoms with Crippen LogP contribution in [0, 0.1) is 13.8 Å². The maximum atomic E-state index is 12.9. The number of amides is 2. The van der Waals surface area contributed by atoms with E-state index in [0.717, 1.165) is 16.7 Å². The highest BCUT2D eigenvalue weighted by Gasteiger charge is 2.26. The molecule has 2 amide bonds. The average Bonchev–Trinajstić information content (AvgIpc) is 2.68. The third kappa shape index (κ3) is 5.73. The zero-order valence-electron chi connectivity index (χ0n) is 16.8. The van der Waals surface area contributed by atoms with Crippen molar-refractivity contribution in [1.82, 2.24) is 10.2 Å². The van der Waals surface area contributed by atoms with Gasteiger partial charge in [0.25, 0.3) is 5.91 Å². The molecule has 1 atom stereocenters. The zero-order valence-corrected chi connectivity index (χ0v) is 17.5. The largest absolute Gasteiger partial charge is 0.483 e. The van der Waals surface area contributed by atoms with E-state index < -0.39 is 6.04 Å². The van der Waals surface area contributed by atoms with Crippen LogP contribution in [0.4, 0.5) is 0 Å². The lowest BCUT2D eigenvalue weighted by atomic mass is 10.1. The number of nitrogens with zero attached hydrogens (tertiary/aromatic N) is 1. The summed E-state index contributed by atoms with van der Waals surface area (Å²) in [5, 5.41) is 3.39. The minimum atomic E-state index is -0.620. The Morgan fingerprint density at radius 2 is 1.82 bits per heavy atom. The molecule has 5 nitrogen and oxygen atoms in total. The number of hydrogen-bond acceptors (Lipinski definition) is 3. The van der Waals surface area contributed by atoms with Gasteiger partial charge in [-0.3, -0.25) is 9.59 Å². The number of rotatable bonds is 8. The van der Waals surface area contributed by atoms with Crippen LogP contribution in [0.2, 0.25) is 5.02 Å². The highest BCUT2D eigenvalue weighted by Crippen LogP contribution is 2.21. The summed E-state index contributed by atoms with van der Waals surface area (Å²) in [6, 6.07) is 12.3. The number of nitrogens with one attached hydrogen (secondary N) is 1. The molecule has 2 aromatic carbocycles. The van der Waals surface area contributed by atoms with Crippen LogP contribution >= 0.6 is 11.6 Å². The van der Waals surface area contributed by atoms with Crippen LogP contribution in [0.25, 0.3) is 0 Å². The number of benzene rings is 2. The molecule has 6 heteroatoms. The standard InChI is InChI=1S/C22H27ClN2O3/c1-5-24-22(27)17(4)25(13-18-9-11-19(23)12-10-18)21(26)14-28-20-8-6-7-15(2)16(20)3/h6-12,17H,5,13-14H2,1-4H3,(H,24,27)/t17-/m1/s1. The monoisotopic (exact) mass is 402 g/mol. The number of carbonyl (C=O) groups excluding carboxylic acids is 2. The SMILES string of the molecule is CCNC(=O)[C@@H](C)N(Cc1ccc(Cl)cc1)C(=O)COc1cccc(C)c1C. The summed E-state index contributed by atoms with van der Waals surface area (Å²) in [7, 11) is 0. The first-order chi connectivity index (χ1) is 13.3. The van der Waals surface area contributed by atoms with Crippen LogP contribution in [-0.4, -0.2) is 35.9 Å². The highest BCUT2D eigenvalue weighted by atomic mass is 35.5. The summed E-state index contributed by atoms with van der Waals surface area (Å²) >= 11 is 5.95. The molecule has 0 unspecified atom stereocenters. The zero-order chi connectivity index (χ0) is 20.7. The van der Waals surface area contributed by atoms with Crippen molar-refractivity contribution in [2.45, 2.75) is 40.3 Å². The molecule has 0 saturated carbocycles. The number of halogens is 1. The van der Waals surface area contributed by atoms with Gasteiger partial charge < -0.3 is 15.0 Å². The number of aryl methyl sites for hydroxylation is 1. The molecular weight excluding hydrogens is 376 g/mol. The number of ether oxygens (including phenoxy) is 1. The van der Waals surface area contributed by atoms with Crippen molar-refractivity contribution in [1.29, 1.82) is 0 Å². The Balaban J connectivity index is 2.16. The van der Waals surface area contributed by atoms with Crippen molar-refractivity contribution < 1.29 is 14.3 Å². The van der Waals surface area contributed by atoms with Crippen LogP contribution in [0.5, 0.6) is 5.75 Å². The normalized spacial score (nSPS) is 11.6. The highest BCUT2D eigenvalue weighted by molar-refractivity contribution is 6.30. The summed E-state index contributed by atoms with van der Waals surface area (Å²) in [5.74, 6) is 0.219. The molecule has 0 aromatic heterocycles. The first-order valence-corrected chi connectivity index (χ1v) is 9.72. The maximum Gasteiger partial charge on any atom is 0.261 e. The molecule has 28 heavy (non-hydrogen) atoms. The van der Waals surface area contributed by atoms with Gasteiger partial charge in [0.2, 0.25) is 5.91 Å². The van der Waals surface area contributed by atoms with Gasteiger partial charge in [0.05, 0.1) is 0 Å². The Bertz CT molecular complexity index is 821. The second kappa shape index (κ2) is 10.1. The fourth-order valence-electron chi connectivity index (χ4n) is 2.79. The summed E-state index contributed by atoms with van der Waals surface area (Å²) in [6.07, 6.45) is 0. The van der Waals surface area contributed by atoms with Crippen molar-refractivity contribution in [2.24, 2.45) is 0 Å². The molecule has 2 rings (SSSR count). The van der Waals surface area contributed by atoms with Crippen molar-refractivity contribution in [3.05, 3.63) is 64.2 Å². The van der Waals surface area contributed by atoms with E-state index in [1.165, 1.54) is 4.90 Å². The lowest BCUT2D eigenvalue weighted by Crippen LogP contribution is -2.49. The average molecular weight is 403 g/mol. The van der Waals surface area contributed by atoms with E-state index in [1.807, 2.05) is 51.1 Å². The fourth-order valence-corrected chi connectivity index (χ4v) is 2.92. The van der Waals surface area contributed by atoms with E-state index >= 15 is 0 Å². The van der Waals surface area contributed by atoms with E-state index in [2.05, 4.69) is 5.32 Å². The Labute approximate surface area is 171 Å². The van der Waals surface area contributed by atoms with Crippen LogP contribution in [-0.2, 0) is 16.1 Å². The third-order valence-electron chi connectivity index (χ3n) is 4.69. The predicted molar refractivity (Wildman–Crippen MR) is 112 cm³/mol. The van der Waals surface area contributed by atoms with Gasteiger partial charge in [0.1, 0.15) is 11.8 Å². The molecule has 0 fully saturated rings. The molecule has 0 saturated heterocycles. The third-order valence-corrected chi connectivity index (χ3v) is 4.94. The molecular formula is C22H27ClN2O3. The van der Waals surface area contributed by atoms with Gasteiger partial charge in [-0.25, -0.2) is 0 Å². The first-order valence-electron chi connectivity index (χ1n) is 9.34. The molecule has 0 spiro atoms. The van der Waals surface area contributed by atoms with Crippen molar-refractivity contribution in [2.75, 3.05) is 13.2 Å². The number of hydrogen-bond donors (Lipinski definition) is 1. The maximum absolute atomic E-state index is 12.9. The topological polar surface area (TPSA) is 58.6 Å². The molecule has 150 valence electrons. The van der Waals surface area contributed by atoms with Gasteiger partial charge >= 0.3 is 0 Å². The Kier molecular flexibility index (Phi) is 7.88. The minimum absolute atomic E-state index is 0.137. The Morgan fingerprint density at radius 3 is 2.46 bits per heavy atom. The Hall–Kier alpha value is -2.53. The molecule has 0 aliphatic rings. The van der Waals surface area contributed by atoms with Gasteiger partial charge in [0.15, 0.2) is 6.61 Å². The summed E-state index contributed by atoms with van der Waals surface area (Å²) in [4.78, 5) is 26.8. The molecule has 0 aliphatic heterocycles. The summed E-state index contributed by atoms with van der Waals surface area (Å²) < 4.78 is 5.76. The molecule has 2 aromatic rings. The van der Waals surface area contributed by atoms with Crippen LogP contribution < -0.4 is 10.1 Å². The lowest BCUT2D eigenvalue weighted by Gasteiger charge is -2.28.